The molecule has 0 heterocycles. The predicted octanol–water partition coefficient (Wildman–Crippen LogP) is 1.51. The number of carbonyl (C=O) groups excluding carboxylic acids is 2. The first-order valence-electron chi connectivity index (χ1n) is 8.03. The van der Waals surface area contributed by atoms with E-state index in [1.807, 2.05) is 19.1 Å². The second-order valence-electron chi connectivity index (χ2n) is 5.95. The van der Waals surface area contributed by atoms with E-state index in [1.54, 1.807) is 12.1 Å². The van der Waals surface area contributed by atoms with Gasteiger partial charge in [0, 0.05) is 12.7 Å². The molecule has 0 bridgehead atoms. The maximum absolute atomic E-state index is 13.2. The largest absolute Gasteiger partial charge is 0.335 e. The SMILES string of the molecule is Cc1ccc(NC(=O)CN(C)C(=O)CNS(=O)(=O)c2cccc(F)c2)cc1. The predicted molar refractivity (Wildman–Crippen MR) is 99.0 cm³/mol. The number of nitrogens with one attached hydrogen (secondary N) is 2. The molecule has 0 aliphatic carbocycles. The summed E-state index contributed by atoms with van der Waals surface area (Å²) in [5, 5.41) is 2.65. The summed E-state index contributed by atoms with van der Waals surface area (Å²) in [5.74, 6) is -1.72. The van der Waals surface area contributed by atoms with Gasteiger partial charge in [0.2, 0.25) is 21.8 Å². The topological polar surface area (TPSA) is 95.6 Å². The van der Waals surface area contributed by atoms with E-state index in [2.05, 4.69) is 10.0 Å². The highest BCUT2D eigenvalue weighted by atomic mass is 32.2. The lowest BCUT2D eigenvalue weighted by Crippen LogP contribution is -2.41. The first-order chi connectivity index (χ1) is 12.7. The van der Waals surface area contributed by atoms with E-state index in [0.717, 1.165) is 22.6 Å². The number of rotatable bonds is 7. The zero-order valence-electron chi connectivity index (χ0n) is 14.9. The number of aryl methyl sites for hydroxylation is 1. The third-order valence-corrected chi connectivity index (χ3v) is 5.06. The Labute approximate surface area is 157 Å². The molecule has 0 aromatic heterocycles. The average Bonchev–Trinajstić information content (AvgIpc) is 2.61. The number of benzene rings is 2. The fraction of sp³-hybridized carbons (Fsp3) is 0.222. The van der Waals surface area contributed by atoms with Crippen LogP contribution in [0.4, 0.5) is 10.1 Å². The molecule has 7 nitrogen and oxygen atoms in total. The number of hydrogen-bond acceptors (Lipinski definition) is 4. The van der Waals surface area contributed by atoms with E-state index in [1.165, 1.54) is 19.2 Å². The lowest BCUT2D eigenvalue weighted by molar-refractivity contribution is -0.132. The zero-order chi connectivity index (χ0) is 20.0. The molecule has 2 aromatic carbocycles. The Balaban J connectivity index is 1.87. The molecule has 2 N–H and O–H groups in total. The summed E-state index contributed by atoms with van der Waals surface area (Å²) in [6, 6.07) is 11.6. The fourth-order valence-electron chi connectivity index (χ4n) is 2.15. The van der Waals surface area contributed by atoms with Crippen molar-refractivity contribution in [3.8, 4) is 0 Å². The van der Waals surface area contributed by atoms with Crippen LogP contribution in [0.25, 0.3) is 0 Å². The lowest BCUT2D eigenvalue weighted by atomic mass is 10.2. The normalized spacial score (nSPS) is 11.1. The number of sulfonamides is 1. The number of carbonyl (C=O) groups is 2. The van der Waals surface area contributed by atoms with Crippen LogP contribution in [0.15, 0.2) is 53.4 Å². The van der Waals surface area contributed by atoms with Crippen LogP contribution in [-0.4, -0.2) is 45.3 Å². The van der Waals surface area contributed by atoms with Gasteiger partial charge in [0.1, 0.15) is 5.82 Å². The summed E-state index contributed by atoms with van der Waals surface area (Å²) < 4.78 is 39.4. The van der Waals surface area contributed by atoms with Crippen LogP contribution in [0.1, 0.15) is 5.56 Å². The highest BCUT2D eigenvalue weighted by molar-refractivity contribution is 7.89. The molecule has 2 aromatic rings. The quantitative estimate of drug-likeness (QED) is 0.745. The van der Waals surface area contributed by atoms with Crippen LogP contribution >= 0.6 is 0 Å². The number of anilines is 1. The molecular formula is C18H20FN3O4S. The van der Waals surface area contributed by atoms with E-state index in [9.17, 15) is 22.4 Å². The smallest absolute Gasteiger partial charge is 0.243 e. The van der Waals surface area contributed by atoms with E-state index < -0.39 is 34.2 Å². The summed E-state index contributed by atoms with van der Waals surface area (Å²) in [6.07, 6.45) is 0. The van der Waals surface area contributed by atoms with Gasteiger partial charge in [0.15, 0.2) is 0 Å². The Morgan fingerprint density at radius 2 is 1.78 bits per heavy atom. The first kappa shape index (κ1) is 20.5. The van der Waals surface area contributed by atoms with Crippen molar-refractivity contribution >= 4 is 27.5 Å². The van der Waals surface area contributed by atoms with Gasteiger partial charge in [-0.05, 0) is 37.3 Å². The van der Waals surface area contributed by atoms with E-state index >= 15 is 0 Å². The molecule has 2 rings (SSSR count). The number of amides is 2. The number of nitrogens with zero attached hydrogens (tertiary/aromatic N) is 1. The summed E-state index contributed by atoms with van der Waals surface area (Å²) in [4.78, 5) is 24.9. The number of likely N-dealkylation sites (N-methyl/N-ethyl adjacent to an activating group) is 1. The van der Waals surface area contributed by atoms with Gasteiger partial charge in [0.25, 0.3) is 0 Å². The summed E-state index contributed by atoms with van der Waals surface area (Å²) >= 11 is 0. The molecule has 0 aliphatic rings. The van der Waals surface area contributed by atoms with Crippen LogP contribution in [0.5, 0.6) is 0 Å². The minimum absolute atomic E-state index is 0.242. The minimum Gasteiger partial charge on any atom is -0.335 e. The van der Waals surface area contributed by atoms with Crippen LogP contribution < -0.4 is 10.0 Å². The number of hydrogen-bond donors (Lipinski definition) is 2. The van der Waals surface area contributed by atoms with Gasteiger partial charge in [-0.3, -0.25) is 9.59 Å². The van der Waals surface area contributed by atoms with Gasteiger partial charge in [-0.1, -0.05) is 23.8 Å². The molecule has 144 valence electrons. The van der Waals surface area contributed by atoms with E-state index in [0.29, 0.717) is 5.69 Å². The Kier molecular flexibility index (Phi) is 6.65. The van der Waals surface area contributed by atoms with Gasteiger partial charge in [-0.15, -0.1) is 0 Å². The van der Waals surface area contributed by atoms with Crippen molar-refractivity contribution in [3.63, 3.8) is 0 Å². The van der Waals surface area contributed by atoms with Gasteiger partial charge in [0.05, 0.1) is 18.0 Å². The third kappa shape index (κ3) is 6.15. The summed E-state index contributed by atoms with van der Waals surface area (Å²) in [6.45, 7) is 1.13. The second kappa shape index (κ2) is 8.74. The van der Waals surface area contributed by atoms with Crippen molar-refractivity contribution in [1.29, 1.82) is 0 Å². The van der Waals surface area contributed by atoms with E-state index in [-0.39, 0.29) is 11.4 Å². The standard InChI is InChI=1S/C18H20FN3O4S/c1-13-6-8-15(9-7-13)21-17(23)12-22(2)18(24)11-20-27(25,26)16-5-3-4-14(19)10-16/h3-10,20H,11-12H2,1-2H3,(H,21,23). The van der Waals surface area contributed by atoms with Crippen LogP contribution in [-0.2, 0) is 19.6 Å². The van der Waals surface area contributed by atoms with Crippen molar-refractivity contribution in [3.05, 3.63) is 59.9 Å². The van der Waals surface area contributed by atoms with Gasteiger partial charge in [-0.25, -0.2) is 17.5 Å². The molecule has 27 heavy (non-hydrogen) atoms. The van der Waals surface area contributed by atoms with Crippen LogP contribution in [0, 0.1) is 12.7 Å². The molecule has 0 atom stereocenters. The molecule has 0 saturated carbocycles. The lowest BCUT2D eigenvalue weighted by Gasteiger charge is -2.17. The highest BCUT2D eigenvalue weighted by Crippen LogP contribution is 2.10. The monoisotopic (exact) mass is 393 g/mol. The van der Waals surface area contributed by atoms with Gasteiger partial charge in [-0.2, -0.15) is 0 Å². The molecule has 0 aliphatic heterocycles. The molecule has 0 fully saturated rings. The Bertz CT molecular complexity index is 930. The third-order valence-electron chi connectivity index (χ3n) is 3.66. The first-order valence-corrected chi connectivity index (χ1v) is 9.51. The van der Waals surface area contributed by atoms with Crippen molar-refractivity contribution in [2.24, 2.45) is 0 Å². The molecular weight excluding hydrogens is 373 g/mol. The minimum atomic E-state index is -4.03. The molecule has 0 unspecified atom stereocenters. The highest BCUT2D eigenvalue weighted by Gasteiger charge is 2.19. The summed E-state index contributed by atoms with van der Waals surface area (Å²) in [7, 11) is -2.65. The zero-order valence-corrected chi connectivity index (χ0v) is 15.7. The van der Waals surface area contributed by atoms with Crippen molar-refractivity contribution < 1.29 is 22.4 Å². The van der Waals surface area contributed by atoms with E-state index in [4.69, 9.17) is 0 Å². The van der Waals surface area contributed by atoms with Crippen molar-refractivity contribution in [2.45, 2.75) is 11.8 Å². The summed E-state index contributed by atoms with van der Waals surface area (Å²) in [5.41, 5.74) is 1.64. The van der Waals surface area contributed by atoms with Crippen LogP contribution in [0.2, 0.25) is 0 Å². The van der Waals surface area contributed by atoms with Crippen molar-refractivity contribution in [2.75, 3.05) is 25.5 Å². The molecule has 9 heteroatoms. The fourth-order valence-corrected chi connectivity index (χ4v) is 3.16. The van der Waals surface area contributed by atoms with Gasteiger partial charge < -0.3 is 10.2 Å². The Hall–Kier alpha value is -2.78. The molecule has 2 amide bonds. The Morgan fingerprint density at radius 1 is 1.11 bits per heavy atom. The second-order valence-corrected chi connectivity index (χ2v) is 7.71. The maximum Gasteiger partial charge on any atom is 0.243 e. The molecule has 0 saturated heterocycles. The van der Waals surface area contributed by atoms with Gasteiger partial charge >= 0.3 is 0 Å². The Morgan fingerprint density at radius 3 is 2.41 bits per heavy atom. The molecule has 0 radical (unpaired) electrons. The molecule has 0 spiro atoms. The van der Waals surface area contributed by atoms with Crippen LogP contribution in [0.3, 0.4) is 0 Å². The average molecular weight is 393 g/mol. The van der Waals surface area contributed by atoms with Crippen molar-refractivity contribution in [1.82, 2.24) is 9.62 Å². The number of halogens is 1. The maximum atomic E-state index is 13.2.